The van der Waals surface area contributed by atoms with Crippen molar-refractivity contribution in [3.05, 3.63) is 65.7 Å². The van der Waals surface area contributed by atoms with Crippen LogP contribution in [0.3, 0.4) is 0 Å². The van der Waals surface area contributed by atoms with Crippen LogP contribution in [-0.2, 0) is 4.74 Å². The summed E-state index contributed by atoms with van der Waals surface area (Å²) in [5, 5.41) is 41.6. The third kappa shape index (κ3) is 5.45. The van der Waals surface area contributed by atoms with Crippen LogP contribution in [0.1, 0.15) is 25.0 Å². The maximum Gasteiger partial charge on any atom is 0.191 e. The number of rotatable bonds is 3. The van der Waals surface area contributed by atoms with Gasteiger partial charge in [-0.3, -0.25) is 0 Å². The zero-order chi connectivity index (χ0) is 22.4. The first-order valence-corrected chi connectivity index (χ1v) is 10.0. The first-order valence-electron chi connectivity index (χ1n) is 10.0. The number of aliphatic hydroxyl groups is 4. The van der Waals surface area contributed by atoms with Crippen LogP contribution >= 0.6 is 0 Å². The minimum Gasteiger partial charge on any atom is -0.491 e. The molecule has 0 unspecified atom stereocenters. The zero-order valence-electron chi connectivity index (χ0n) is 17.4. The van der Waals surface area contributed by atoms with E-state index in [9.17, 15) is 20.4 Å². The van der Waals surface area contributed by atoms with Gasteiger partial charge in [0.25, 0.3) is 0 Å². The normalized spacial score (nSPS) is 27.6. The summed E-state index contributed by atoms with van der Waals surface area (Å²) in [4.78, 5) is 0. The number of hydrogen-bond donors (Lipinski definition) is 4. The van der Waals surface area contributed by atoms with E-state index in [0.29, 0.717) is 16.9 Å². The summed E-state index contributed by atoms with van der Waals surface area (Å²) < 4.78 is 11.3. The molecule has 0 aromatic heterocycles. The molecular weight excluding hydrogens is 396 g/mol. The Morgan fingerprint density at radius 3 is 2.42 bits per heavy atom. The molecule has 162 valence electrons. The summed E-state index contributed by atoms with van der Waals surface area (Å²) in [7, 11) is 0. The van der Waals surface area contributed by atoms with Crippen molar-refractivity contribution in [3.63, 3.8) is 0 Å². The van der Waals surface area contributed by atoms with Gasteiger partial charge in [-0.2, -0.15) is 0 Å². The Morgan fingerprint density at radius 2 is 1.74 bits per heavy atom. The van der Waals surface area contributed by atoms with Crippen LogP contribution in [0.25, 0.3) is 0 Å². The standard InChI is InChI=1S/C25H26O6/c1-17(2)30-20-10-6-9-19(15-20)13-14-25(29)22(12-11-18-7-4-3-5-8-18)31-21(16-26)23(27)24(25)28/h3-10,15,17,21-24,26-29H,16H2,1-2H3/t21-,22-,23-,24+,25-/m1/s1. The molecule has 31 heavy (non-hydrogen) atoms. The Balaban J connectivity index is 1.96. The first-order chi connectivity index (χ1) is 14.8. The minimum atomic E-state index is -2.18. The number of benzene rings is 2. The lowest BCUT2D eigenvalue weighted by Crippen LogP contribution is -2.65. The average molecular weight is 422 g/mol. The van der Waals surface area contributed by atoms with Gasteiger partial charge in [0.1, 0.15) is 24.1 Å². The highest BCUT2D eigenvalue weighted by Crippen LogP contribution is 2.30. The molecule has 5 atom stereocenters. The Bertz CT molecular complexity index is 997. The van der Waals surface area contributed by atoms with Crippen LogP contribution in [0.15, 0.2) is 54.6 Å². The van der Waals surface area contributed by atoms with Crippen LogP contribution in [0.4, 0.5) is 0 Å². The summed E-state index contributed by atoms with van der Waals surface area (Å²) in [5.41, 5.74) is -0.949. The SMILES string of the molecule is CC(C)Oc1cccc(C#C[C@@]2(O)[C@@H](C#Cc3ccccc3)O[C@H](CO)[C@@H](O)[C@@H]2O)c1. The van der Waals surface area contributed by atoms with Crippen molar-refractivity contribution in [2.24, 2.45) is 0 Å². The lowest BCUT2D eigenvalue weighted by atomic mass is 9.82. The molecule has 1 aliphatic heterocycles. The lowest BCUT2D eigenvalue weighted by molar-refractivity contribution is -0.239. The van der Waals surface area contributed by atoms with Crippen molar-refractivity contribution in [2.75, 3.05) is 6.61 Å². The van der Waals surface area contributed by atoms with Gasteiger partial charge in [0.15, 0.2) is 11.7 Å². The maximum absolute atomic E-state index is 11.2. The maximum atomic E-state index is 11.2. The van der Waals surface area contributed by atoms with E-state index < -0.39 is 36.6 Å². The largest absolute Gasteiger partial charge is 0.491 e. The summed E-state index contributed by atoms with van der Waals surface area (Å²) >= 11 is 0. The average Bonchev–Trinajstić information content (AvgIpc) is 2.76. The molecule has 1 fully saturated rings. The fraction of sp³-hybridized carbons (Fsp3) is 0.360. The second-order valence-corrected chi connectivity index (χ2v) is 7.58. The molecule has 2 aromatic carbocycles. The molecule has 1 heterocycles. The zero-order valence-corrected chi connectivity index (χ0v) is 17.4. The highest BCUT2D eigenvalue weighted by molar-refractivity contribution is 5.44. The van der Waals surface area contributed by atoms with Crippen molar-refractivity contribution in [3.8, 4) is 29.4 Å². The van der Waals surface area contributed by atoms with Gasteiger partial charge in [-0.15, -0.1) is 0 Å². The second kappa shape index (κ2) is 9.98. The van der Waals surface area contributed by atoms with Gasteiger partial charge in [0.2, 0.25) is 0 Å². The lowest BCUT2D eigenvalue weighted by Gasteiger charge is -2.43. The van der Waals surface area contributed by atoms with E-state index in [0.717, 1.165) is 0 Å². The van der Waals surface area contributed by atoms with Crippen molar-refractivity contribution in [1.82, 2.24) is 0 Å². The second-order valence-electron chi connectivity index (χ2n) is 7.58. The molecule has 0 radical (unpaired) electrons. The van der Waals surface area contributed by atoms with Crippen LogP contribution in [-0.4, -0.2) is 63.2 Å². The van der Waals surface area contributed by atoms with Gasteiger partial charge in [-0.25, -0.2) is 0 Å². The molecule has 0 spiro atoms. The predicted molar refractivity (Wildman–Crippen MR) is 115 cm³/mol. The Morgan fingerprint density at radius 1 is 1.03 bits per heavy atom. The monoisotopic (exact) mass is 422 g/mol. The molecule has 3 rings (SSSR count). The Kier molecular flexibility index (Phi) is 7.35. The summed E-state index contributed by atoms with van der Waals surface area (Å²) in [6.07, 6.45) is -5.60. The van der Waals surface area contributed by atoms with E-state index in [1.165, 1.54) is 0 Å². The van der Waals surface area contributed by atoms with Crippen molar-refractivity contribution in [1.29, 1.82) is 0 Å². The highest BCUT2D eigenvalue weighted by atomic mass is 16.5. The smallest absolute Gasteiger partial charge is 0.191 e. The molecule has 6 heteroatoms. The van der Waals surface area contributed by atoms with Gasteiger partial charge in [0, 0.05) is 11.1 Å². The van der Waals surface area contributed by atoms with E-state index in [4.69, 9.17) is 9.47 Å². The van der Waals surface area contributed by atoms with E-state index in [1.54, 1.807) is 36.4 Å². The number of aliphatic hydroxyl groups excluding tert-OH is 3. The Labute approximate surface area is 182 Å². The van der Waals surface area contributed by atoms with E-state index >= 15 is 0 Å². The van der Waals surface area contributed by atoms with Crippen LogP contribution in [0.2, 0.25) is 0 Å². The van der Waals surface area contributed by atoms with Crippen LogP contribution in [0, 0.1) is 23.7 Å². The molecule has 0 aliphatic carbocycles. The quantitative estimate of drug-likeness (QED) is 0.553. The van der Waals surface area contributed by atoms with Gasteiger partial charge in [-0.05, 0) is 44.2 Å². The highest BCUT2D eigenvalue weighted by Gasteiger charge is 2.53. The molecule has 0 bridgehead atoms. The summed E-state index contributed by atoms with van der Waals surface area (Å²) in [5.74, 6) is 11.7. The predicted octanol–water partition coefficient (Wildman–Crippen LogP) is 1.09. The van der Waals surface area contributed by atoms with Gasteiger partial charge >= 0.3 is 0 Å². The molecule has 6 nitrogen and oxygen atoms in total. The fourth-order valence-corrected chi connectivity index (χ4v) is 3.17. The van der Waals surface area contributed by atoms with Gasteiger partial charge in [0.05, 0.1) is 12.7 Å². The number of hydrogen-bond acceptors (Lipinski definition) is 6. The molecule has 4 N–H and O–H groups in total. The molecule has 1 saturated heterocycles. The van der Waals surface area contributed by atoms with Crippen molar-refractivity contribution < 1.29 is 29.9 Å². The fourth-order valence-electron chi connectivity index (χ4n) is 3.17. The first kappa shape index (κ1) is 22.8. The summed E-state index contributed by atoms with van der Waals surface area (Å²) in [6, 6.07) is 16.1. The molecule has 2 aromatic rings. The third-order valence-corrected chi connectivity index (χ3v) is 4.78. The topological polar surface area (TPSA) is 99.4 Å². The van der Waals surface area contributed by atoms with E-state index in [2.05, 4.69) is 23.7 Å². The molecule has 0 saturated carbocycles. The van der Waals surface area contributed by atoms with Crippen molar-refractivity contribution >= 4 is 0 Å². The Hall–Kier alpha value is -2.84. The van der Waals surface area contributed by atoms with Crippen LogP contribution < -0.4 is 4.74 Å². The van der Waals surface area contributed by atoms with Gasteiger partial charge < -0.3 is 29.9 Å². The van der Waals surface area contributed by atoms with Crippen molar-refractivity contribution in [2.45, 2.75) is 50.0 Å². The van der Waals surface area contributed by atoms with E-state index in [-0.39, 0.29) is 6.10 Å². The van der Waals surface area contributed by atoms with Gasteiger partial charge in [-0.1, -0.05) is 47.9 Å². The molecular formula is C25H26O6. The third-order valence-electron chi connectivity index (χ3n) is 4.78. The van der Waals surface area contributed by atoms with Crippen LogP contribution in [0.5, 0.6) is 5.75 Å². The molecule has 0 amide bonds. The molecule has 1 aliphatic rings. The minimum absolute atomic E-state index is 0.0100. The number of ether oxygens (including phenoxy) is 2. The summed E-state index contributed by atoms with van der Waals surface area (Å²) in [6.45, 7) is 3.28. The van der Waals surface area contributed by atoms with E-state index in [1.807, 2.05) is 32.0 Å².